The van der Waals surface area contributed by atoms with Gasteiger partial charge in [-0.2, -0.15) is 12.7 Å². The topological polar surface area (TPSA) is 114 Å². The first-order valence-corrected chi connectivity index (χ1v) is 11.6. The second kappa shape index (κ2) is 7.36. The predicted octanol–water partition coefficient (Wildman–Crippen LogP) is 1.70. The number of rotatable bonds is 6. The van der Waals surface area contributed by atoms with Crippen LogP contribution in [-0.2, 0) is 40.6 Å². The number of fused-ring (bicyclic) bond motifs is 2. The molecule has 1 amide bonds. The van der Waals surface area contributed by atoms with Crippen LogP contribution < -0.4 is 10.0 Å². The molecule has 1 aromatic carbocycles. The number of hydrogen-bond acceptors (Lipinski definition) is 7. The van der Waals surface area contributed by atoms with Crippen molar-refractivity contribution in [3.8, 4) is 0 Å². The molecule has 0 saturated carbocycles. The van der Waals surface area contributed by atoms with E-state index in [0.29, 0.717) is 0 Å². The van der Waals surface area contributed by atoms with E-state index >= 15 is 0 Å². The van der Waals surface area contributed by atoms with Gasteiger partial charge in [-0.3, -0.25) is 4.79 Å². The minimum atomic E-state index is -3.93. The third-order valence-corrected chi connectivity index (χ3v) is 7.57. The van der Waals surface area contributed by atoms with E-state index < -0.39 is 16.1 Å². The first-order valence-electron chi connectivity index (χ1n) is 10.2. The molecule has 10 heteroatoms. The summed E-state index contributed by atoms with van der Waals surface area (Å²) in [4.78, 5) is 16.5. The smallest absolute Gasteiger partial charge is 0.304 e. The number of aromatic nitrogens is 1. The zero-order valence-electron chi connectivity index (χ0n) is 16.7. The van der Waals surface area contributed by atoms with E-state index in [9.17, 15) is 13.2 Å². The van der Waals surface area contributed by atoms with Gasteiger partial charge in [-0.1, -0.05) is 6.07 Å². The minimum absolute atomic E-state index is 0.146. The van der Waals surface area contributed by atoms with E-state index in [2.05, 4.69) is 16.4 Å². The molecule has 2 aliphatic carbocycles. The molecule has 3 aliphatic rings. The lowest BCUT2D eigenvalue weighted by Gasteiger charge is -2.36. The average Bonchev–Trinajstić information content (AvgIpc) is 3.40. The predicted molar refractivity (Wildman–Crippen MR) is 109 cm³/mol. The summed E-state index contributed by atoms with van der Waals surface area (Å²) in [5.41, 5.74) is 6.39. The third kappa shape index (κ3) is 3.38. The van der Waals surface area contributed by atoms with Gasteiger partial charge in [0.15, 0.2) is 0 Å². The number of methoxy groups -OCH3 is 1. The van der Waals surface area contributed by atoms with Crippen LogP contribution in [0.5, 0.6) is 0 Å². The summed E-state index contributed by atoms with van der Waals surface area (Å²) in [5, 5.41) is 3.27. The first-order chi connectivity index (χ1) is 14.4. The fraction of sp³-hybridized carbons (Fsp3) is 0.500. The SMILES string of the molecule is COC1CN(S(=O)(=O)NC(=O)c2cnc(Nc3c4c(cc5c3CCC5)CCC4)o2)C1. The standard InChI is InChI=1S/C20H24N4O5S/c1-28-14-10-24(11-14)30(26,27)23-19(25)17-9-21-20(29-17)22-18-15-6-2-4-12(15)8-13-5-3-7-16(13)18/h8-9,14H,2-7,10-11H2,1H3,(H,21,22)(H,23,25). The van der Waals surface area contributed by atoms with Crippen molar-refractivity contribution >= 4 is 27.8 Å². The summed E-state index contributed by atoms with van der Waals surface area (Å²) < 4.78 is 38.3. The van der Waals surface area contributed by atoms with Crippen molar-refractivity contribution < 1.29 is 22.4 Å². The van der Waals surface area contributed by atoms with Crippen molar-refractivity contribution in [2.24, 2.45) is 0 Å². The van der Waals surface area contributed by atoms with Gasteiger partial charge in [0.2, 0.25) is 5.76 Å². The van der Waals surface area contributed by atoms with E-state index in [0.717, 1.165) is 48.5 Å². The van der Waals surface area contributed by atoms with Crippen LogP contribution in [0, 0.1) is 0 Å². The number of hydrogen-bond donors (Lipinski definition) is 2. The number of anilines is 2. The van der Waals surface area contributed by atoms with Crippen LogP contribution in [0.4, 0.5) is 11.7 Å². The summed E-state index contributed by atoms with van der Waals surface area (Å²) in [6.45, 7) is 0.430. The quantitative estimate of drug-likeness (QED) is 0.714. The van der Waals surface area contributed by atoms with Crippen molar-refractivity contribution in [2.75, 3.05) is 25.5 Å². The largest absolute Gasteiger partial charge is 0.418 e. The van der Waals surface area contributed by atoms with Crippen LogP contribution in [0.25, 0.3) is 0 Å². The van der Waals surface area contributed by atoms with Gasteiger partial charge in [0.05, 0.1) is 12.3 Å². The van der Waals surface area contributed by atoms with Crippen molar-refractivity contribution in [2.45, 2.75) is 44.6 Å². The number of oxazole rings is 1. The molecule has 1 saturated heterocycles. The number of carbonyl (C=O) groups excluding carboxylic acids is 1. The lowest BCUT2D eigenvalue weighted by atomic mass is 9.99. The van der Waals surface area contributed by atoms with E-state index in [1.807, 2.05) is 4.72 Å². The molecular formula is C20H24N4O5S. The molecule has 2 N–H and O–H groups in total. The fourth-order valence-corrected chi connectivity index (χ4v) is 5.68. The minimum Gasteiger partial charge on any atom is -0.418 e. The maximum absolute atomic E-state index is 12.4. The monoisotopic (exact) mass is 432 g/mol. The number of ether oxygens (including phenoxy) is 1. The Balaban J connectivity index is 1.32. The molecule has 9 nitrogen and oxygen atoms in total. The third-order valence-electron chi connectivity index (χ3n) is 6.14. The van der Waals surface area contributed by atoms with Crippen LogP contribution in [0.3, 0.4) is 0 Å². The molecule has 1 fully saturated rings. The second-order valence-corrected chi connectivity index (χ2v) is 9.67. The van der Waals surface area contributed by atoms with E-state index in [-0.39, 0.29) is 31.0 Å². The van der Waals surface area contributed by atoms with Crippen LogP contribution in [-0.4, -0.2) is 49.9 Å². The lowest BCUT2D eigenvalue weighted by Crippen LogP contribution is -2.58. The molecule has 0 unspecified atom stereocenters. The number of nitrogens with zero attached hydrogens (tertiary/aromatic N) is 2. The van der Waals surface area contributed by atoms with Crippen LogP contribution >= 0.6 is 0 Å². The number of aryl methyl sites for hydroxylation is 2. The van der Waals surface area contributed by atoms with Gasteiger partial charge < -0.3 is 14.5 Å². The van der Waals surface area contributed by atoms with Gasteiger partial charge in [0.1, 0.15) is 0 Å². The van der Waals surface area contributed by atoms with Crippen molar-refractivity contribution in [3.63, 3.8) is 0 Å². The summed E-state index contributed by atoms with van der Waals surface area (Å²) >= 11 is 0. The highest BCUT2D eigenvalue weighted by Crippen LogP contribution is 2.39. The van der Waals surface area contributed by atoms with Gasteiger partial charge in [-0.15, -0.1) is 0 Å². The van der Waals surface area contributed by atoms with Crippen LogP contribution in [0.2, 0.25) is 0 Å². The molecule has 2 aromatic rings. The molecule has 5 rings (SSSR count). The van der Waals surface area contributed by atoms with E-state index in [1.54, 1.807) is 0 Å². The molecular weight excluding hydrogens is 408 g/mol. The van der Waals surface area contributed by atoms with Gasteiger partial charge in [0.25, 0.3) is 6.01 Å². The molecule has 2 heterocycles. The molecule has 160 valence electrons. The molecule has 30 heavy (non-hydrogen) atoms. The number of amides is 1. The van der Waals surface area contributed by atoms with E-state index in [1.165, 1.54) is 35.6 Å². The maximum Gasteiger partial charge on any atom is 0.304 e. The molecule has 1 aromatic heterocycles. The Kier molecular flexibility index (Phi) is 4.79. The zero-order valence-corrected chi connectivity index (χ0v) is 17.5. The van der Waals surface area contributed by atoms with Gasteiger partial charge in [0, 0.05) is 25.9 Å². The lowest BCUT2D eigenvalue weighted by molar-refractivity contribution is 0.0119. The van der Waals surface area contributed by atoms with Crippen molar-refractivity contribution in [1.29, 1.82) is 0 Å². The highest BCUT2D eigenvalue weighted by atomic mass is 32.2. The van der Waals surface area contributed by atoms with Crippen molar-refractivity contribution in [3.05, 3.63) is 40.3 Å². The molecule has 0 bridgehead atoms. The number of benzene rings is 1. The Morgan fingerprint density at radius 3 is 2.47 bits per heavy atom. The Hall–Kier alpha value is -2.43. The summed E-state index contributed by atoms with van der Waals surface area (Å²) in [5.74, 6) is -1.01. The second-order valence-electron chi connectivity index (χ2n) is 8.00. The summed E-state index contributed by atoms with van der Waals surface area (Å²) in [7, 11) is -2.41. The Morgan fingerprint density at radius 1 is 1.17 bits per heavy atom. The number of carbonyl (C=O) groups is 1. The van der Waals surface area contributed by atoms with Crippen LogP contribution in [0.1, 0.15) is 45.7 Å². The number of nitrogens with one attached hydrogen (secondary N) is 2. The Morgan fingerprint density at radius 2 is 1.83 bits per heavy atom. The average molecular weight is 433 g/mol. The van der Waals surface area contributed by atoms with Gasteiger partial charge in [-0.25, -0.2) is 9.71 Å². The van der Waals surface area contributed by atoms with Gasteiger partial charge >= 0.3 is 16.1 Å². The highest BCUT2D eigenvalue weighted by molar-refractivity contribution is 7.87. The Labute approximate surface area is 175 Å². The zero-order chi connectivity index (χ0) is 20.9. The summed E-state index contributed by atoms with van der Waals surface area (Å²) in [6, 6.07) is 2.52. The van der Waals surface area contributed by atoms with Crippen molar-refractivity contribution in [1.82, 2.24) is 14.0 Å². The van der Waals surface area contributed by atoms with Gasteiger partial charge in [-0.05, 0) is 60.8 Å². The van der Waals surface area contributed by atoms with Crippen LogP contribution in [0.15, 0.2) is 16.7 Å². The summed E-state index contributed by atoms with van der Waals surface area (Å²) in [6.07, 6.45) is 7.53. The normalized spacial score (nSPS) is 18.7. The molecule has 0 radical (unpaired) electrons. The maximum atomic E-state index is 12.4. The fourth-order valence-electron chi connectivity index (χ4n) is 4.49. The molecule has 0 spiro atoms. The Bertz CT molecular complexity index is 1070. The van der Waals surface area contributed by atoms with E-state index in [4.69, 9.17) is 9.15 Å². The molecule has 0 atom stereocenters. The first kappa shape index (κ1) is 19.5. The highest BCUT2D eigenvalue weighted by Gasteiger charge is 2.37. The molecule has 1 aliphatic heterocycles.